The number of hydrogen-bond acceptors (Lipinski definition) is 8. The Bertz CT molecular complexity index is 1080. The van der Waals surface area contributed by atoms with Crippen LogP contribution in [0.2, 0.25) is 0 Å². The zero-order valence-corrected chi connectivity index (χ0v) is 27.9. The maximum Gasteiger partial charge on any atom is 0.170 e. The minimum Gasteiger partial charge on any atom is -0.388 e. The van der Waals surface area contributed by atoms with Crippen molar-refractivity contribution in [2.24, 2.45) is 51.1 Å². The van der Waals surface area contributed by atoms with Gasteiger partial charge in [0.2, 0.25) is 0 Å². The smallest absolute Gasteiger partial charge is 0.170 e. The standard InChI is InChI=1S/C35H60N2O6/c1-8-40-29(31(5,6)39)21-17-20(2)26-27(42-21)28(38)35(36)23-10-9-22-30(3,4)24(43-25-18-37-15-16-41-25)11-12-33(22)19-34(23,33)14-13-32(26,35)7/h20-29,37-39H,8-19,36H2,1-7H3/t20-,21-,22+,23-,24+,25+,26+,27+,28+,29+,32-,33-,34+,35+/m1/s1. The molecule has 0 unspecified atom stereocenters. The Labute approximate surface area is 259 Å². The molecule has 5 N–H and O–H groups in total. The van der Waals surface area contributed by atoms with Crippen molar-refractivity contribution in [2.45, 2.75) is 148 Å². The molecule has 7 rings (SSSR count). The Morgan fingerprint density at radius 3 is 2.47 bits per heavy atom. The minimum absolute atomic E-state index is 0.0640. The van der Waals surface area contributed by atoms with Gasteiger partial charge in [-0.2, -0.15) is 0 Å². The van der Waals surface area contributed by atoms with Gasteiger partial charge in [-0.3, -0.25) is 0 Å². The molecule has 43 heavy (non-hydrogen) atoms. The van der Waals surface area contributed by atoms with Crippen molar-refractivity contribution in [1.29, 1.82) is 0 Å². The molecule has 7 aliphatic rings. The van der Waals surface area contributed by atoms with Gasteiger partial charge in [-0.1, -0.05) is 27.7 Å². The molecule has 2 heterocycles. The third kappa shape index (κ3) is 4.09. The van der Waals surface area contributed by atoms with Crippen LogP contribution in [0.3, 0.4) is 0 Å². The molecule has 2 aliphatic heterocycles. The van der Waals surface area contributed by atoms with Crippen LogP contribution in [0, 0.1) is 45.3 Å². The first-order valence-electron chi connectivity index (χ1n) is 17.6. The largest absolute Gasteiger partial charge is 0.388 e. The minimum atomic E-state index is -1.04. The van der Waals surface area contributed by atoms with Crippen LogP contribution in [0.4, 0.5) is 0 Å². The van der Waals surface area contributed by atoms with E-state index in [-0.39, 0.29) is 46.8 Å². The van der Waals surface area contributed by atoms with Crippen molar-refractivity contribution < 1.29 is 29.2 Å². The molecule has 246 valence electrons. The van der Waals surface area contributed by atoms with Crippen LogP contribution in [-0.2, 0) is 18.9 Å². The van der Waals surface area contributed by atoms with Gasteiger partial charge in [-0.25, -0.2) is 0 Å². The van der Waals surface area contributed by atoms with Gasteiger partial charge in [0.05, 0.1) is 42.2 Å². The summed E-state index contributed by atoms with van der Waals surface area (Å²) in [5.74, 6) is 1.41. The second-order valence-corrected chi connectivity index (χ2v) is 17.4. The van der Waals surface area contributed by atoms with E-state index in [1.165, 1.54) is 19.3 Å². The number of hydrogen-bond donors (Lipinski definition) is 4. The highest BCUT2D eigenvalue weighted by Crippen LogP contribution is 2.87. The molecule has 8 nitrogen and oxygen atoms in total. The van der Waals surface area contributed by atoms with Gasteiger partial charge in [-0.15, -0.1) is 0 Å². The molecule has 0 aromatic heterocycles. The Morgan fingerprint density at radius 1 is 1.07 bits per heavy atom. The van der Waals surface area contributed by atoms with E-state index in [9.17, 15) is 10.2 Å². The Hall–Kier alpha value is -0.320. The number of nitrogens with one attached hydrogen (secondary N) is 1. The van der Waals surface area contributed by atoms with Crippen molar-refractivity contribution in [3.63, 3.8) is 0 Å². The lowest BCUT2D eigenvalue weighted by molar-refractivity contribution is -0.233. The number of morpholine rings is 1. The van der Waals surface area contributed by atoms with E-state index in [1.54, 1.807) is 13.8 Å². The van der Waals surface area contributed by atoms with Crippen LogP contribution < -0.4 is 11.1 Å². The SMILES string of the molecule is CCO[C@@H]([C@H]1C[C@@H](C)[C@H]2[C@H](O1)[C@H](O)[C@@]1(N)[C@@H]3CC[C@H]4C(C)(C)[C@@H](O[C@H]5CNCCO5)CC[C@@]45C[C@@]35CC[C@]21C)C(C)(C)O. The monoisotopic (exact) mass is 604 g/mol. The lowest BCUT2D eigenvalue weighted by Crippen LogP contribution is -2.70. The van der Waals surface area contributed by atoms with Gasteiger partial charge in [0.25, 0.3) is 0 Å². The molecule has 0 amide bonds. The molecule has 7 fully saturated rings. The zero-order valence-electron chi connectivity index (χ0n) is 27.9. The first kappa shape index (κ1) is 31.3. The predicted molar refractivity (Wildman–Crippen MR) is 164 cm³/mol. The van der Waals surface area contributed by atoms with Gasteiger partial charge in [0.1, 0.15) is 6.10 Å². The number of fused-ring (bicyclic) bond motifs is 4. The van der Waals surface area contributed by atoms with E-state index in [0.717, 1.165) is 45.2 Å². The Kier molecular flexibility index (Phi) is 7.34. The maximum atomic E-state index is 12.4. The van der Waals surface area contributed by atoms with Crippen molar-refractivity contribution >= 4 is 0 Å². The normalized spacial score (nSPS) is 54.4. The molecule has 0 aromatic rings. The highest BCUT2D eigenvalue weighted by molar-refractivity contribution is 5.35. The van der Waals surface area contributed by atoms with Crippen molar-refractivity contribution in [3.05, 3.63) is 0 Å². The topological polar surface area (TPSA) is 115 Å². The Morgan fingerprint density at radius 2 is 1.79 bits per heavy atom. The fraction of sp³-hybridized carbons (Fsp3) is 1.00. The van der Waals surface area contributed by atoms with Crippen LogP contribution in [0.15, 0.2) is 0 Å². The number of aliphatic hydroxyl groups is 2. The molecule has 5 saturated carbocycles. The van der Waals surface area contributed by atoms with E-state index >= 15 is 0 Å². The number of nitrogens with two attached hydrogens (primary N) is 1. The summed E-state index contributed by atoms with van der Waals surface area (Å²) in [5, 5.41) is 26.8. The van der Waals surface area contributed by atoms with Gasteiger partial charge in [-0.05, 0) is 117 Å². The van der Waals surface area contributed by atoms with Crippen LogP contribution >= 0.6 is 0 Å². The lowest BCUT2D eigenvalue weighted by atomic mass is 9.43. The Balaban J connectivity index is 1.16. The molecule has 5 aliphatic carbocycles. The fourth-order valence-electron chi connectivity index (χ4n) is 13.1. The highest BCUT2D eigenvalue weighted by Gasteiger charge is 2.85. The third-order valence-electron chi connectivity index (χ3n) is 14.8. The molecule has 14 atom stereocenters. The van der Waals surface area contributed by atoms with E-state index in [1.807, 2.05) is 6.92 Å². The average molecular weight is 605 g/mol. The van der Waals surface area contributed by atoms with Crippen molar-refractivity contribution in [2.75, 3.05) is 26.3 Å². The second-order valence-electron chi connectivity index (χ2n) is 17.4. The van der Waals surface area contributed by atoms with Crippen LogP contribution in [0.25, 0.3) is 0 Å². The van der Waals surface area contributed by atoms with Crippen molar-refractivity contribution in [1.82, 2.24) is 5.32 Å². The summed E-state index contributed by atoms with van der Waals surface area (Å²) in [7, 11) is 0. The van der Waals surface area contributed by atoms with Gasteiger partial charge < -0.3 is 40.2 Å². The maximum absolute atomic E-state index is 12.4. The third-order valence-corrected chi connectivity index (χ3v) is 14.8. The molecule has 2 spiro atoms. The number of ether oxygens (including phenoxy) is 4. The summed E-state index contributed by atoms with van der Waals surface area (Å²) in [6.07, 6.45) is 7.05. The van der Waals surface area contributed by atoms with E-state index < -0.39 is 23.3 Å². The highest BCUT2D eigenvalue weighted by atomic mass is 16.7. The second kappa shape index (κ2) is 10.1. The molecular formula is C35H60N2O6. The summed E-state index contributed by atoms with van der Waals surface area (Å²) in [5.41, 5.74) is 6.42. The predicted octanol–water partition coefficient (Wildman–Crippen LogP) is 4.00. The summed E-state index contributed by atoms with van der Waals surface area (Å²) in [4.78, 5) is 0. The molecule has 0 radical (unpaired) electrons. The van der Waals surface area contributed by atoms with Crippen LogP contribution in [0.5, 0.6) is 0 Å². The first-order chi connectivity index (χ1) is 20.2. The first-order valence-corrected chi connectivity index (χ1v) is 17.6. The van der Waals surface area contributed by atoms with Crippen molar-refractivity contribution in [3.8, 4) is 0 Å². The zero-order chi connectivity index (χ0) is 30.8. The summed E-state index contributed by atoms with van der Waals surface area (Å²) in [6, 6.07) is 0. The van der Waals surface area contributed by atoms with Crippen LogP contribution in [-0.4, -0.2) is 84.5 Å². The molecule has 2 saturated heterocycles. The molecule has 0 bridgehead atoms. The quantitative estimate of drug-likeness (QED) is 0.360. The number of aliphatic hydroxyl groups excluding tert-OH is 1. The van der Waals surface area contributed by atoms with E-state index in [2.05, 4.69) is 33.0 Å². The summed E-state index contributed by atoms with van der Waals surface area (Å²) >= 11 is 0. The molecule has 8 heteroatoms. The van der Waals surface area contributed by atoms with Gasteiger partial charge in [0.15, 0.2) is 6.29 Å². The van der Waals surface area contributed by atoms with Gasteiger partial charge in [0, 0.05) is 19.7 Å². The fourth-order valence-corrected chi connectivity index (χ4v) is 13.1. The lowest BCUT2D eigenvalue weighted by Gasteiger charge is -2.63. The molecular weight excluding hydrogens is 544 g/mol. The average Bonchev–Trinajstić information content (AvgIpc) is 3.58. The molecule has 0 aromatic carbocycles. The number of rotatable bonds is 6. The van der Waals surface area contributed by atoms with Crippen LogP contribution in [0.1, 0.15) is 99.8 Å². The summed E-state index contributed by atoms with van der Waals surface area (Å²) < 4.78 is 25.6. The van der Waals surface area contributed by atoms with E-state index in [4.69, 9.17) is 24.7 Å². The van der Waals surface area contributed by atoms with E-state index in [0.29, 0.717) is 36.4 Å². The van der Waals surface area contributed by atoms with Gasteiger partial charge >= 0.3 is 0 Å². The summed E-state index contributed by atoms with van der Waals surface area (Å²) in [6.45, 7) is 18.1.